The van der Waals surface area contributed by atoms with Crippen molar-refractivity contribution in [1.82, 2.24) is 4.90 Å². The van der Waals surface area contributed by atoms with E-state index in [9.17, 15) is 14.3 Å². The predicted molar refractivity (Wildman–Crippen MR) is 83.8 cm³/mol. The molecule has 3 N–H and O–H groups in total. The van der Waals surface area contributed by atoms with Crippen molar-refractivity contribution in [3.8, 4) is 0 Å². The minimum atomic E-state index is -0.509. The molecule has 1 aromatic carbocycles. The van der Waals surface area contributed by atoms with E-state index >= 15 is 0 Å². The Hall–Kier alpha value is -1.46. The van der Waals surface area contributed by atoms with Crippen LogP contribution in [0.3, 0.4) is 0 Å². The molecule has 0 aromatic heterocycles. The predicted octanol–water partition coefficient (Wildman–Crippen LogP) is 2.02. The van der Waals surface area contributed by atoms with Crippen molar-refractivity contribution in [1.29, 1.82) is 0 Å². The fourth-order valence-corrected chi connectivity index (χ4v) is 3.00. The smallest absolute Gasteiger partial charge is 0.256 e. The van der Waals surface area contributed by atoms with Gasteiger partial charge in [0, 0.05) is 19.1 Å². The molecule has 2 rings (SSSR count). The third-order valence-electron chi connectivity index (χ3n) is 4.31. The number of rotatable bonds is 4. The molecule has 4 nitrogen and oxygen atoms in total. The normalized spacial score (nSPS) is 23.6. The van der Waals surface area contributed by atoms with Crippen LogP contribution in [-0.2, 0) is 0 Å². The fraction of sp³-hybridized carbons (Fsp3) is 0.588. The summed E-state index contributed by atoms with van der Waals surface area (Å²) in [4.78, 5) is 14.1. The molecule has 1 saturated heterocycles. The van der Waals surface area contributed by atoms with E-state index in [1.165, 1.54) is 12.1 Å². The van der Waals surface area contributed by atoms with Gasteiger partial charge in [0.1, 0.15) is 5.82 Å². The molecular weight excluding hydrogens is 283 g/mol. The van der Waals surface area contributed by atoms with Crippen LogP contribution in [-0.4, -0.2) is 41.1 Å². The highest BCUT2D eigenvalue weighted by atomic mass is 19.1. The molecule has 3 unspecified atom stereocenters. The molecule has 22 heavy (non-hydrogen) atoms. The molecular formula is C17H25FN2O2. The number of aliphatic hydroxyl groups excluding tert-OH is 1. The Morgan fingerprint density at radius 2 is 2.09 bits per heavy atom. The minimum absolute atomic E-state index is 0.0831. The summed E-state index contributed by atoms with van der Waals surface area (Å²) in [7, 11) is 0. The third kappa shape index (κ3) is 4.05. The summed E-state index contributed by atoms with van der Waals surface area (Å²) >= 11 is 0. The van der Waals surface area contributed by atoms with Gasteiger partial charge < -0.3 is 15.7 Å². The van der Waals surface area contributed by atoms with Crippen molar-refractivity contribution >= 4 is 5.91 Å². The van der Waals surface area contributed by atoms with E-state index in [0.717, 1.165) is 6.42 Å². The Balaban J connectivity index is 2.07. The molecule has 0 bridgehead atoms. The Morgan fingerprint density at radius 3 is 2.73 bits per heavy atom. The van der Waals surface area contributed by atoms with Crippen LogP contribution in [0.25, 0.3) is 0 Å². The van der Waals surface area contributed by atoms with Crippen LogP contribution in [0.5, 0.6) is 0 Å². The third-order valence-corrected chi connectivity index (χ3v) is 4.31. The first-order chi connectivity index (χ1) is 10.4. The number of carbonyl (C=O) groups is 1. The zero-order chi connectivity index (χ0) is 16.3. The molecule has 3 atom stereocenters. The molecule has 1 aromatic rings. The Labute approximate surface area is 131 Å². The monoisotopic (exact) mass is 308 g/mol. The van der Waals surface area contributed by atoms with Crippen LogP contribution in [0.1, 0.15) is 37.0 Å². The molecule has 1 amide bonds. The molecule has 1 fully saturated rings. The van der Waals surface area contributed by atoms with Crippen molar-refractivity contribution in [2.45, 2.75) is 38.8 Å². The summed E-state index contributed by atoms with van der Waals surface area (Å²) in [5.41, 5.74) is 6.14. The maximum atomic E-state index is 13.8. The Bertz CT molecular complexity index is 521. The van der Waals surface area contributed by atoms with E-state index in [1.54, 1.807) is 17.0 Å². The molecule has 122 valence electrons. The average Bonchev–Trinajstić information content (AvgIpc) is 2.46. The summed E-state index contributed by atoms with van der Waals surface area (Å²) < 4.78 is 13.8. The second kappa shape index (κ2) is 7.20. The first-order valence-electron chi connectivity index (χ1n) is 7.86. The van der Waals surface area contributed by atoms with Crippen LogP contribution in [0.15, 0.2) is 24.3 Å². The van der Waals surface area contributed by atoms with Gasteiger partial charge >= 0.3 is 0 Å². The lowest BCUT2D eigenvalue weighted by Gasteiger charge is -2.37. The van der Waals surface area contributed by atoms with Crippen molar-refractivity contribution in [3.05, 3.63) is 35.6 Å². The topological polar surface area (TPSA) is 66.6 Å². The highest BCUT2D eigenvalue weighted by molar-refractivity contribution is 5.94. The lowest BCUT2D eigenvalue weighted by Crippen LogP contribution is -2.50. The quantitative estimate of drug-likeness (QED) is 0.894. The van der Waals surface area contributed by atoms with Gasteiger partial charge in [-0.1, -0.05) is 26.0 Å². The molecule has 1 heterocycles. The van der Waals surface area contributed by atoms with Crippen molar-refractivity contribution in [3.63, 3.8) is 0 Å². The van der Waals surface area contributed by atoms with E-state index in [4.69, 9.17) is 5.73 Å². The maximum Gasteiger partial charge on any atom is 0.256 e. The highest BCUT2D eigenvalue weighted by Gasteiger charge is 2.31. The second-order valence-corrected chi connectivity index (χ2v) is 6.60. The fourth-order valence-electron chi connectivity index (χ4n) is 3.00. The number of hydrogen-bond acceptors (Lipinski definition) is 3. The summed E-state index contributed by atoms with van der Waals surface area (Å²) in [6, 6.07) is 5.87. The first-order valence-corrected chi connectivity index (χ1v) is 7.86. The van der Waals surface area contributed by atoms with E-state index in [2.05, 4.69) is 0 Å². The summed E-state index contributed by atoms with van der Waals surface area (Å²) in [5, 5.41) is 10.0. The number of carbonyl (C=O) groups excluding carboxylic acids is 1. The van der Waals surface area contributed by atoms with Gasteiger partial charge in [-0.15, -0.1) is 0 Å². The van der Waals surface area contributed by atoms with Gasteiger partial charge in [0.05, 0.1) is 11.7 Å². The van der Waals surface area contributed by atoms with Gasteiger partial charge in [-0.2, -0.15) is 0 Å². The Kier molecular flexibility index (Phi) is 5.53. The molecule has 1 aliphatic rings. The largest absolute Gasteiger partial charge is 0.393 e. The number of amides is 1. The molecule has 0 radical (unpaired) electrons. The molecule has 0 aliphatic carbocycles. The van der Waals surface area contributed by atoms with E-state index < -0.39 is 11.9 Å². The van der Waals surface area contributed by atoms with Crippen molar-refractivity contribution in [2.75, 3.05) is 13.1 Å². The molecule has 0 saturated carbocycles. The average molecular weight is 308 g/mol. The lowest BCUT2D eigenvalue weighted by molar-refractivity contribution is 0.0497. The second-order valence-electron chi connectivity index (χ2n) is 6.60. The summed E-state index contributed by atoms with van der Waals surface area (Å²) in [5.74, 6) is -0.506. The lowest BCUT2D eigenvalue weighted by atomic mass is 9.87. The number of nitrogens with two attached hydrogens (primary N) is 1. The number of nitrogens with zero attached hydrogens (tertiary/aromatic N) is 1. The highest BCUT2D eigenvalue weighted by Crippen LogP contribution is 2.24. The standard InChI is InChI=1S/C17H25FN2O2/c1-11(2)16(21)8-12-7-13(19)10-20(9-12)17(22)14-5-3-4-6-15(14)18/h3-6,11-13,16,21H,7-10,19H2,1-2H3. The van der Waals surface area contributed by atoms with Crippen LogP contribution in [0, 0.1) is 17.7 Å². The van der Waals surface area contributed by atoms with Crippen LogP contribution in [0.4, 0.5) is 4.39 Å². The number of likely N-dealkylation sites (tertiary alicyclic amines) is 1. The summed E-state index contributed by atoms with van der Waals surface area (Å²) in [6.07, 6.45) is 0.998. The van der Waals surface area contributed by atoms with E-state index in [-0.39, 0.29) is 29.3 Å². The number of halogens is 1. The number of hydrogen-bond donors (Lipinski definition) is 2. The Morgan fingerprint density at radius 1 is 1.41 bits per heavy atom. The van der Waals surface area contributed by atoms with Crippen molar-refractivity contribution in [2.24, 2.45) is 17.6 Å². The molecule has 1 aliphatic heterocycles. The minimum Gasteiger partial charge on any atom is -0.393 e. The summed E-state index contributed by atoms with van der Waals surface area (Å²) in [6.45, 7) is 4.89. The zero-order valence-corrected chi connectivity index (χ0v) is 13.2. The van der Waals surface area contributed by atoms with Gasteiger partial charge in [0.15, 0.2) is 0 Å². The van der Waals surface area contributed by atoms with Gasteiger partial charge in [-0.25, -0.2) is 4.39 Å². The van der Waals surface area contributed by atoms with Gasteiger partial charge in [0.2, 0.25) is 0 Å². The first kappa shape index (κ1) is 16.9. The van der Waals surface area contributed by atoms with Gasteiger partial charge in [-0.05, 0) is 36.8 Å². The molecule has 0 spiro atoms. The van der Waals surface area contributed by atoms with E-state index in [1.807, 2.05) is 13.8 Å². The van der Waals surface area contributed by atoms with Crippen LogP contribution < -0.4 is 5.73 Å². The number of piperidine rings is 1. The van der Waals surface area contributed by atoms with Crippen molar-refractivity contribution < 1.29 is 14.3 Å². The zero-order valence-electron chi connectivity index (χ0n) is 13.2. The SMILES string of the molecule is CC(C)C(O)CC1CC(N)CN(C(=O)c2ccccc2F)C1. The number of benzene rings is 1. The maximum absolute atomic E-state index is 13.8. The molecule has 5 heteroatoms. The van der Waals surface area contributed by atoms with Crippen LogP contribution >= 0.6 is 0 Å². The number of aliphatic hydroxyl groups is 1. The van der Waals surface area contributed by atoms with Crippen LogP contribution in [0.2, 0.25) is 0 Å². The van der Waals surface area contributed by atoms with E-state index in [0.29, 0.717) is 19.5 Å². The van der Waals surface area contributed by atoms with Gasteiger partial charge in [-0.3, -0.25) is 4.79 Å². The van der Waals surface area contributed by atoms with Gasteiger partial charge in [0.25, 0.3) is 5.91 Å².